The second-order valence-corrected chi connectivity index (χ2v) is 6.11. The minimum atomic E-state index is 0.704. The number of hydrogen-bond donors (Lipinski definition) is 1. The molecule has 2 rings (SSSR count). The average molecular weight is 280 g/mol. The maximum Gasteiger partial charge on any atom is 0.0587 e. The highest BCUT2D eigenvalue weighted by Gasteiger charge is 2.19. The van der Waals surface area contributed by atoms with Crippen molar-refractivity contribution < 1.29 is 4.74 Å². The van der Waals surface area contributed by atoms with E-state index in [4.69, 9.17) is 4.74 Å². The van der Waals surface area contributed by atoms with Crippen molar-refractivity contribution in [3.63, 3.8) is 0 Å². The molecule has 106 valence electrons. The Morgan fingerprint density at radius 1 is 1.37 bits per heavy atom. The van der Waals surface area contributed by atoms with Crippen LogP contribution in [0.5, 0.6) is 0 Å². The predicted molar refractivity (Wildman–Crippen MR) is 84.2 cm³/mol. The number of anilines is 1. The molecule has 1 aromatic rings. The second kappa shape index (κ2) is 7.78. The lowest BCUT2D eigenvalue weighted by atomic mass is 10.1. The van der Waals surface area contributed by atoms with Crippen LogP contribution in [0, 0.1) is 0 Å². The van der Waals surface area contributed by atoms with E-state index in [1.165, 1.54) is 29.2 Å². The Bertz CT molecular complexity index is 363. The molecular formula is C15H24N2OS. The third-order valence-electron chi connectivity index (χ3n) is 3.61. The Morgan fingerprint density at radius 2 is 2.16 bits per heavy atom. The van der Waals surface area contributed by atoms with Crippen molar-refractivity contribution in [2.45, 2.75) is 19.0 Å². The van der Waals surface area contributed by atoms with Crippen LogP contribution >= 0.6 is 11.8 Å². The topological polar surface area (TPSA) is 24.5 Å². The Kier molecular flexibility index (Phi) is 6.01. The molecule has 4 heteroatoms. The van der Waals surface area contributed by atoms with Gasteiger partial charge in [-0.25, -0.2) is 0 Å². The quantitative estimate of drug-likeness (QED) is 0.775. The van der Waals surface area contributed by atoms with Gasteiger partial charge in [0.1, 0.15) is 0 Å². The molecule has 1 unspecified atom stereocenters. The lowest BCUT2D eigenvalue weighted by molar-refractivity contribution is 0.199. The van der Waals surface area contributed by atoms with Crippen molar-refractivity contribution in [2.24, 2.45) is 0 Å². The van der Waals surface area contributed by atoms with Crippen LogP contribution in [0.2, 0.25) is 0 Å². The van der Waals surface area contributed by atoms with Gasteiger partial charge in [-0.15, -0.1) is 0 Å². The first-order chi connectivity index (χ1) is 9.31. The normalized spacial score (nSPS) is 18.7. The Labute approximate surface area is 120 Å². The van der Waals surface area contributed by atoms with Gasteiger partial charge >= 0.3 is 0 Å². The molecule has 1 aromatic carbocycles. The molecule has 1 aliphatic rings. The van der Waals surface area contributed by atoms with E-state index in [0.29, 0.717) is 6.04 Å². The van der Waals surface area contributed by atoms with Crippen LogP contribution in [0.1, 0.15) is 12.0 Å². The van der Waals surface area contributed by atoms with Crippen molar-refractivity contribution in [1.29, 1.82) is 0 Å². The summed E-state index contributed by atoms with van der Waals surface area (Å²) in [6, 6.07) is 9.60. The number of benzene rings is 1. The number of nitrogens with zero attached hydrogens (tertiary/aromatic N) is 1. The van der Waals surface area contributed by atoms with Crippen LogP contribution in [-0.4, -0.2) is 44.9 Å². The van der Waals surface area contributed by atoms with Gasteiger partial charge in [0.15, 0.2) is 0 Å². The molecule has 1 N–H and O–H groups in total. The van der Waals surface area contributed by atoms with Crippen LogP contribution in [0.25, 0.3) is 0 Å². The van der Waals surface area contributed by atoms with Crippen LogP contribution in [0.3, 0.4) is 0 Å². The number of ether oxygens (including phenoxy) is 1. The van der Waals surface area contributed by atoms with Crippen LogP contribution < -0.4 is 10.2 Å². The fourth-order valence-corrected chi connectivity index (χ4v) is 3.56. The summed E-state index contributed by atoms with van der Waals surface area (Å²) in [5.41, 5.74) is 2.65. The lowest BCUT2D eigenvalue weighted by Crippen LogP contribution is -2.31. The molecule has 3 nitrogen and oxygen atoms in total. The van der Waals surface area contributed by atoms with E-state index in [9.17, 15) is 0 Å². The predicted octanol–water partition coefficient (Wildman–Crippen LogP) is 2.36. The maximum atomic E-state index is 5.02. The number of thioether (sulfide) groups is 1. The van der Waals surface area contributed by atoms with E-state index < -0.39 is 0 Å². The summed E-state index contributed by atoms with van der Waals surface area (Å²) in [5, 5.41) is 3.36. The van der Waals surface area contributed by atoms with E-state index in [0.717, 1.165) is 19.7 Å². The van der Waals surface area contributed by atoms with E-state index in [1.807, 2.05) is 0 Å². The van der Waals surface area contributed by atoms with Gasteiger partial charge in [0.05, 0.1) is 6.61 Å². The molecule has 0 aromatic heterocycles. The van der Waals surface area contributed by atoms with E-state index >= 15 is 0 Å². The highest BCUT2D eigenvalue weighted by Crippen LogP contribution is 2.25. The minimum Gasteiger partial charge on any atom is -0.383 e. The fraction of sp³-hybridized carbons (Fsp3) is 0.600. The van der Waals surface area contributed by atoms with Crippen LogP contribution in [0.15, 0.2) is 24.3 Å². The van der Waals surface area contributed by atoms with Crippen molar-refractivity contribution in [3.8, 4) is 0 Å². The van der Waals surface area contributed by atoms with Crippen molar-refractivity contribution in [3.05, 3.63) is 29.8 Å². The first-order valence-corrected chi connectivity index (χ1v) is 8.06. The molecule has 0 amide bonds. The molecule has 0 saturated carbocycles. The molecule has 1 heterocycles. The second-order valence-electron chi connectivity index (χ2n) is 4.96. The van der Waals surface area contributed by atoms with Gasteiger partial charge in [-0.05, 0) is 29.9 Å². The monoisotopic (exact) mass is 280 g/mol. The third-order valence-corrected chi connectivity index (χ3v) is 4.75. The molecule has 0 bridgehead atoms. The van der Waals surface area contributed by atoms with Crippen molar-refractivity contribution >= 4 is 17.4 Å². The third kappa shape index (κ3) is 4.41. The Morgan fingerprint density at radius 3 is 2.79 bits per heavy atom. The standard InChI is InChI=1S/C15H24N2OS/c1-17(15-7-10-19-12-15)14-5-3-13(4-6-14)11-16-8-9-18-2/h3-6,15-16H,7-12H2,1-2H3. The summed E-state index contributed by atoms with van der Waals surface area (Å²) in [7, 11) is 3.94. The molecule has 1 atom stereocenters. The Balaban J connectivity index is 1.83. The van der Waals surface area contributed by atoms with Gasteiger partial charge in [0, 0.05) is 44.7 Å². The van der Waals surface area contributed by atoms with Gasteiger partial charge in [-0.2, -0.15) is 11.8 Å². The first-order valence-electron chi connectivity index (χ1n) is 6.90. The summed E-state index contributed by atoms with van der Waals surface area (Å²) in [4.78, 5) is 2.42. The zero-order valence-electron chi connectivity index (χ0n) is 11.9. The average Bonchev–Trinajstić information content (AvgIpc) is 2.98. The SMILES string of the molecule is COCCNCc1ccc(N(C)C2CCSC2)cc1. The van der Waals surface area contributed by atoms with E-state index in [1.54, 1.807) is 7.11 Å². The summed E-state index contributed by atoms with van der Waals surface area (Å²) in [6.45, 7) is 2.57. The molecular weight excluding hydrogens is 256 g/mol. The first kappa shape index (κ1) is 14.7. The summed E-state index contributed by atoms with van der Waals surface area (Å²) < 4.78 is 5.02. The molecule has 19 heavy (non-hydrogen) atoms. The molecule has 1 fully saturated rings. The number of hydrogen-bond acceptors (Lipinski definition) is 4. The molecule has 0 spiro atoms. The Hall–Kier alpha value is -0.710. The van der Waals surface area contributed by atoms with Crippen LogP contribution in [0.4, 0.5) is 5.69 Å². The highest BCUT2D eigenvalue weighted by atomic mass is 32.2. The molecule has 1 saturated heterocycles. The van der Waals surface area contributed by atoms with Gasteiger partial charge in [0.25, 0.3) is 0 Å². The number of methoxy groups -OCH3 is 1. The van der Waals surface area contributed by atoms with E-state index in [-0.39, 0.29) is 0 Å². The van der Waals surface area contributed by atoms with Gasteiger partial charge in [0.2, 0.25) is 0 Å². The summed E-state index contributed by atoms with van der Waals surface area (Å²) in [6.07, 6.45) is 1.31. The summed E-state index contributed by atoms with van der Waals surface area (Å²) >= 11 is 2.06. The molecule has 1 aliphatic heterocycles. The summed E-state index contributed by atoms with van der Waals surface area (Å²) in [5.74, 6) is 2.56. The van der Waals surface area contributed by atoms with Gasteiger partial charge in [-0.1, -0.05) is 12.1 Å². The van der Waals surface area contributed by atoms with E-state index in [2.05, 4.69) is 53.3 Å². The smallest absolute Gasteiger partial charge is 0.0587 e. The fourth-order valence-electron chi connectivity index (χ4n) is 2.29. The minimum absolute atomic E-state index is 0.704. The lowest BCUT2D eigenvalue weighted by Gasteiger charge is -2.26. The zero-order chi connectivity index (χ0) is 13.5. The zero-order valence-corrected chi connectivity index (χ0v) is 12.7. The highest BCUT2D eigenvalue weighted by molar-refractivity contribution is 7.99. The number of rotatable bonds is 7. The van der Waals surface area contributed by atoms with Crippen molar-refractivity contribution in [2.75, 3.05) is 43.7 Å². The maximum absolute atomic E-state index is 5.02. The molecule has 0 aliphatic carbocycles. The molecule has 0 radical (unpaired) electrons. The van der Waals surface area contributed by atoms with Gasteiger partial charge in [-0.3, -0.25) is 0 Å². The van der Waals surface area contributed by atoms with Crippen molar-refractivity contribution in [1.82, 2.24) is 5.32 Å². The number of nitrogens with one attached hydrogen (secondary N) is 1. The van der Waals surface area contributed by atoms with Gasteiger partial charge < -0.3 is 15.0 Å². The van der Waals surface area contributed by atoms with Crippen LogP contribution in [-0.2, 0) is 11.3 Å². The largest absolute Gasteiger partial charge is 0.383 e.